The van der Waals surface area contributed by atoms with Crippen molar-refractivity contribution in [2.45, 2.75) is 32.2 Å². The standard InChI is InChI=1S/C11H15Cl2N5O/c1-7(10(19)18-5-3-2-4-6-18)14-9-8(12)16-17-11(13)15-9/h7H,2-6H2,1H3,(H,14,15,17). The van der Waals surface area contributed by atoms with E-state index in [1.807, 2.05) is 4.90 Å². The van der Waals surface area contributed by atoms with Gasteiger partial charge in [-0.05, 0) is 37.8 Å². The van der Waals surface area contributed by atoms with Gasteiger partial charge in [-0.3, -0.25) is 4.79 Å². The quantitative estimate of drug-likeness (QED) is 0.924. The topological polar surface area (TPSA) is 71.0 Å². The Balaban J connectivity index is 2.01. The molecule has 1 N–H and O–H groups in total. The van der Waals surface area contributed by atoms with Crippen molar-refractivity contribution >= 4 is 34.9 Å². The minimum absolute atomic E-state index is 0.00970. The van der Waals surface area contributed by atoms with Gasteiger partial charge in [0.25, 0.3) is 0 Å². The molecule has 2 heterocycles. The number of carbonyl (C=O) groups excluding carboxylic acids is 1. The molecule has 0 bridgehead atoms. The van der Waals surface area contributed by atoms with Crippen LogP contribution in [0, 0.1) is 0 Å². The van der Waals surface area contributed by atoms with E-state index >= 15 is 0 Å². The fourth-order valence-electron chi connectivity index (χ4n) is 2.04. The van der Waals surface area contributed by atoms with Gasteiger partial charge < -0.3 is 10.2 Å². The lowest BCUT2D eigenvalue weighted by atomic mass is 10.1. The maximum atomic E-state index is 12.2. The maximum Gasteiger partial charge on any atom is 0.245 e. The maximum absolute atomic E-state index is 12.2. The molecule has 104 valence electrons. The second-order valence-corrected chi connectivity index (χ2v) is 5.17. The monoisotopic (exact) mass is 303 g/mol. The second kappa shape index (κ2) is 6.34. The van der Waals surface area contributed by atoms with Crippen LogP contribution in [0.1, 0.15) is 26.2 Å². The van der Waals surface area contributed by atoms with Gasteiger partial charge in [0.1, 0.15) is 6.04 Å². The van der Waals surface area contributed by atoms with E-state index in [4.69, 9.17) is 23.2 Å². The Kier molecular flexibility index (Phi) is 4.76. The summed E-state index contributed by atoms with van der Waals surface area (Å²) >= 11 is 11.5. The molecule has 1 aromatic rings. The fraction of sp³-hybridized carbons (Fsp3) is 0.636. The van der Waals surface area contributed by atoms with Gasteiger partial charge in [-0.15, -0.1) is 10.2 Å². The molecule has 1 aromatic heterocycles. The minimum Gasteiger partial charge on any atom is -0.356 e. The van der Waals surface area contributed by atoms with Gasteiger partial charge in [-0.2, -0.15) is 4.98 Å². The van der Waals surface area contributed by atoms with Crippen molar-refractivity contribution in [2.24, 2.45) is 0 Å². The predicted molar refractivity (Wildman–Crippen MR) is 73.4 cm³/mol. The van der Waals surface area contributed by atoms with Crippen molar-refractivity contribution < 1.29 is 4.79 Å². The van der Waals surface area contributed by atoms with Gasteiger partial charge in [0.2, 0.25) is 11.2 Å². The first-order valence-corrected chi connectivity index (χ1v) is 6.94. The average molecular weight is 304 g/mol. The van der Waals surface area contributed by atoms with Crippen LogP contribution in [0.15, 0.2) is 0 Å². The van der Waals surface area contributed by atoms with Crippen molar-refractivity contribution in [3.8, 4) is 0 Å². The molecule has 0 spiro atoms. The van der Waals surface area contributed by atoms with Crippen LogP contribution in [0.3, 0.4) is 0 Å². The van der Waals surface area contributed by atoms with E-state index in [0.717, 1.165) is 25.9 Å². The highest BCUT2D eigenvalue weighted by Gasteiger charge is 2.23. The zero-order valence-electron chi connectivity index (χ0n) is 10.6. The third kappa shape index (κ3) is 3.67. The SMILES string of the molecule is CC(Nc1nc(Cl)nnc1Cl)C(=O)N1CCCCC1. The average Bonchev–Trinajstić information content (AvgIpc) is 2.43. The number of nitrogens with one attached hydrogen (secondary N) is 1. The van der Waals surface area contributed by atoms with Crippen LogP contribution in [0.2, 0.25) is 10.4 Å². The number of likely N-dealkylation sites (tertiary alicyclic amines) is 1. The van der Waals surface area contributed by atoms with E-state index in [-0.39, 0.29) is 22.2 Å². The van der Waals surface area contributed by atoms with Gasteiger partial charge in [-0.1, -0.05) is 11.6 Å². The molecule has 1 unspecified atom stereocenters. The molecule has 1 amide bonds. The zero-order chi connectivity index (χ0) is 13.8. The smallest absolute Gasteiger partial charge is 0.245 e. The number of anilines is 1. The summed E-state index contributed by atoms with van der Waals surface area (Å²) in [5.74, 6) is 0.310. The van der Waals surface area contributed by atoms with E-state index in [2.05, 4.69) is 20.5 Å². The molecule has 0 aromatic carbocycles. The van der Waals surface area contributed by atoms with Crippen LogP contribution in [-0.4, -0.2) is 45.1 Å². The summed E-state index contributed by atoms with van der Waals surface area (Å²) in [7, 11) is 0. The number of aromatic nitrogens is 3. The van der Waals surface area contributed by atoms with E-state index in [0.29, 0.717) is 0 Å². The summed E-state index contributed by atoms with van der Waals surface area (Å²) in [4.78, 5) is 18.0. The highest BCUT2D eigenvalue weighted by molar-refractivity contribution is 6.32. The third-order valence-corrected chi connectivity index (χ3v) is 3.43. The van der Waals surface area contributed by atoms with Gasteiger partial charge in [0.15, 0.2) is 11.0 Å². The highest BCUT2D eigenvalue weighted by atomic mass is 35.5. The van der Waals surface area contributed by atoms with Gasteiger partial charge in [0.05, 0.1) is 0 Å². The largest absolute Gasteiger partial charge is 0.356 e. The van der Waals surface area contributed by atoms with Crippen LogP contribution in [0.25, 0.3) is 0 Å². The third-order valence-electron chi connectivity index (χ3n) is 3.01. The Morgan fingerprint density at radius 1 is 1.26 bits per heavy atom. The molecule has 1 fully saturated rings. The Morgan fingerprint density at radius 3 is 2.63 bits per heavy atom. The van der Waals surface area contributed by atoms with E-state index < -0.39 is 6.04 Å². The number of carbonyl (C=O) groups is 1. The molecule has 6 nitrogen and oxygen atoms in total. The van der Waals surface area contributed by atoms with Crippen LogP contribution in [0.4, 0.5) is 5.82 Å². The normalized spacial score (nSPS) is 17.1. The van der Waals surface area contributed by atoms with E-state index in [1.54, 1.807) is 6.92 Å². The van der Waals surface area contributed by atoms with Gasteiger partial charge in [-0.25, -0.2) is 0 Å². The first-order valence-electron chi connectivity index (χ1n) is 6.19. The molecule has 0 aliphatic carbocycles. The second-order valence-electron chi connectivity index (χ2n) is 4.47. The first-order chi connectivity index (χ1) is 9.08. The van der Waals surface area contributed by atoms with Crippen LogP contribution in [0.5, 0.6) is 0 Å². The molecular weight excluding hydrogens is 289 g/mol. The Morgan fingerprint density at radius 2 is 1.95 bits per heavy atom. The Labute approximate surface area is 121 Å². The summed E-state index contributed by atoms with van der Waals surface area (Å²) in [6, 6.07) is -0.427. The van der Waals surface area contributed by atoms with Gasteiger partial charge >= 0.3 is 0 Å². The molecule has 0 saturated carbocycles. The zero-order valence-corrected chi connectivity index (χ0v) is 12.1. The summed E-state index contributed by atoms with van der Waals surface area (Å²) in [5.41, 5.74) is 0. The number of piperidine rings is 1. The molecule has 1 atom stereocenters. The fourth-order valence-corrected chi connectivity index (χ4v) is 2.30. The molecule has 1 aliphatic heterocycles. The molecule has 1 saturated heterocycles. The molecular formula is C11H15Cl2N5O. The summed E-state index contributed by atoms with van der Waals surface area (Å²) in [5, 5.41) is 10.2. The highest BCUT2D eigenvalue weighted by Crippen LogP contribution is 2.18. The van der Waals surface area contributed by atoms with Crippen molar-refractivity contribution in [2.75, 3.05) is 18.4 Å². The molecule has 8 heteroatoms. The summed E-state index contributed by atoms with van der Waals surface area (Å²) in [6.07, 6.45) is 3.29. The number of hydrogen-bond acceptors (Lipinski definition) is 5. The molecule has 2 rings (SSSR count). The van der Waals surface area contributed by atoms with Crippen molar-refractivity contribution in [3.05, 3.63) is 10.4 Å². The van der Waals surface area contributed by atoms with Crippen LogP contribution >= 0.6 is 23.2 Å². The molecule has 0 radical (unpaired) electrons. The van der Waals surface area contributed by atoms with Crippen molar-refractivity contribution in [1.29, 1.82) is 0 Å². The first kappa shape index (κ1) is 14.3. The van der Waals surface area contributed by atoms with E-state index in [9.17, 15) is 4.79 Å². The minimum atomic E-state index is -0.427. The molecule has 19 heavy (non-hydrogen) atoms. The van der Waals surface area contributed by atoms with Crippen LogP contribution < -0.4 is 5.32 Å². The summed E-state index contributed by atoms with van der Waals surface area (Å²) in [6.45, 7) is 3.38. The van der Waals surface area contributed by atoms with Crippen LogP contribution in [-0.2, 0) is 4.79 Å². The lowest BCUT2D eigenvalue weighted by Crippen LogP contribution is -2.44. The van der Waals surface area contributed by atoms with Gasteiger partial charge in [0, 0.05) is 13.1 Å². The Bertz CT molecular complexity index is 464. The van der Waals surface area contributed by atoms with Crippen molar-refractivity contribution in [3.63, 3.8) is 0 Å². The number of halogens is 2. The lowest BCUT2D eigenvalue weighted by Gasteiger charge is -2.29. The number of hydrogen-bond donors (Lipinski definition) is 1. The number of rotatable bonds is 3. The summed E-state index contributed by atoms with van der Waals surface area (Å²) < 4.78 is 0. The number of nitrogens with zero attached hydrogens (tertiary/aromatic N) is 4. The predicted octanol–water partition coefficient (Wildman–Crippen LogP) is 1.99. The lowest BCUT2D eigenvalue weighted by molar-refractivity contribution is -0.132. The Hall–Kier alpha value is -1.14. The van der Waals surface area contributed by atoms with E-state index in [1.165, 1.54) is 6.42 Å². The molecule has 1 aliphatic rings. The number of amides is 1. The van der Waals surface area contributed by atoms with Crippen molar-refractivity contribution in [1.82, 2.24) is 20.1 Å².